The molecule has 0 spiro atoms. The molecule has 1 aromatic heterocycles. The maximum atomic E-state index is 6.15. The van der Waals surface area contributed by atoms with Crippen LogP contribution in [0.1, 0.15) is 17.8 Å². The van der Waals surface area contributed by atoms with Crippen LogP contribution in [0.25, 0.3) is 0 Å². The summed E-state index contributed by atoms with van der Waals surface area (Å²) < 4.78 is 11.3. The zero-order valence-electron chi connectivity index (χ0n) is 11.4. The van der Waals surface area contributed by atoms with Crippen LogP contribution >= 0.6 is 34.5 Å². The average Bonchev–Trinajstić information content (AvgIpc) is 2.86. The highest BCUT2D eigenvalue weighted by molar-refractivity contribution is 7.16. The van der Waals surface area contributed by atoms with Gasteiger partial charge in [-0.1, -0.05) is 23.2 Å². The maximum absolute atomic E-state index is 6.15. The van der Waals surface area contributed by atoms with Crippen molar-refractivity contribution in [3.05, 3.63) is 38.5 Å². The molecule has 0 radical (unpaired) electrons. The van der Waals surface area contributed by atoms with Gasteiger partial charge < -0.3 is 14.8 Å². The van der Waals surface area contributed by atoms with E-state index in [1.807, 2.05) is 12.1 Å². The largest absolute Gasteiger partial charge is 0.495 e. The van der Waals surface area contributed by atoms with Gasteiger partial charge in [0.15, 0.2) is 0 Å². The quantitative estimate of drug-likeness (QED) is 0.812. The fourth-order valence-electron chi connectivity index (χ4n) is 1.84. The lowest BCUT2D eigenvalue weighted by Crippen LogP contribution is -2.06. The molecule has 6 heteroatoms. The summed E-state index contributed by atoms with van der Waals surface area (Å²) in [6.07, 6.45) is 0. The minimum atomic E-state index is 0.103. The minimum absolute atomic E-state index is 0.103. The summed E-state index contributed by atoms with van der Waals surface area (Å²) in [5, 5.41) is 3.90. The molecule has 1 heterocycles. The Bertz CT molecular complexity index is 601. The van der Waals surface area contributed by atoms with Crippen LogP contribution in [-0.2, 0) is 0 Å². The van der Waals surface area contributed by atoms with E-state index in [0.717, 1.165) is 14.9 Å². The molecule has 0 saturated heterocycles. The number of hydrogen-bond donors (Lipinski definition) is 1. The Kier molecular flexibility index (Phi) is 5.02. The number of rotatable bonds is 5. The molecule has 0 aliphatic rings. The Morgan fingerprint density at radius 1 is 1.10 bits per heavy atom. The fraction of sp³-hybridized carbons (Fsp3) is 0.286. The predicted octanol–water partition coefficient (Wildman–Crippen LogP) is 5.25. The first-order valence-corrected chi connectivity index (χ1v) is 7.55. The van der Waals surface area contributed by atoms with Crippen molar-refractivity contribution in [1.29, 1.82) is 0 Å². The molecule has 1 aromatic carbocycles. The lowest BCUT2D eigenvalue weighted by molar-refractivity contribution is 0.395. The van der Waals surface area contributed by atoms with Gasteiger partial charge in [0.2, 0.25) is 0 Å². The van der Waals surface area contributed by atoms with Crippen molar-refractivity contribution >= 4 is 40.2 Å². The van der Waals surface area contributed by atoms with Gasteiger partial charge in [0.25, 0.3) is 0 Å². The van der Waals surface area contributed by atoms with Crippen molar-refractivity contribution in [3.63, 3.8) is 0 Å². The number of nitrogens with one attached hydrogen (secondary N) is 1. The van der Waals surface area contributed by atoms with E-state index in [1.165, 1.54) is 0 Å². The van der Waals surface area contributed by atoms with Crippen LogP contribution in [0.5, 0.6) is 11.5 Å². The minimum Gasteiger partial charge on any atom is -0.495 e. The highest BCUT2D eigenvalue weighted by atomic mass is 35.5. The average molecular weight is 332 g/mol. The smallest absolute Gasteiger partial charge is 0.145 e. The number of hydrogen-bond acceptors (Lipinski definition) is 4. The monoisotopic (exact) mass is 331 g/mol. The van der Waals surface area contributed by atoms with Crippen molar-refractivity contribution in [2.45, 2.75) is 13.0 Å². The molecular formula is C14H15Cl2NO2S. The Hall–Kier alpha value is -1.10. The SMILES string of the molecule is COc1cc(OC)c(NC(C)c2ccc(Cl)s2)cc1Cl. The summed E-state index contributed by atoms with van der Waals surface area (Å²) in [6.45, 7) is 2.06. The van der Waals surface area contributed by atoms with Crippen molar-refractivity contribution in [1.82, 2.24) is 0 Å². The van der Waals surface area contributed by atoms with Crippen LogP contribution < -0.4 is 14.8 Å². The van der Waals surface area contributed by atoms with Gasteiger partial charge in [-0.15, -0.1) is 11.3 Å². The highest BCUT2D eigenvalue weighted by Gasteiger charge is 2.14. The second kappa shape index (κ2) is 6.57. The lowest BCUT2D eigenvalue weighted by Gasteiger charge is -2.18. The first kappa shape index (κ1) is 15.3. The van der Waals surface area contributed by atoms with Crippen molar-refractivity contribution in [3.8, 4) is 11.5 Å². The number of thiophene rings is 1. The molecular weight excluding hydrogens is 317 g/mol. The third-order valence-corrected chi connectivity index (χ3v) is 4.58. The maximum Gasteiger partial charge on any atom is 0.145 e. The molecule has 1 atom stereocenters. The second-order valence-electron chi connectivity index (χ2n) is 4.19. The van der Waals surface area contributed by atoms with Gasteiger partial charge in [0.05, 0.1) is 35.3 Å². The summed E-state index contributed by atoms with van der Waals surface area (Å²) in [7, 11) is 3.19. The van der Waals surface area contributed by atoms with Crippen LogP contribution in [0.4, 0.5) is 5.69 Å². The van der Waals surface area contributed by atoms with Gasteiger partial charge >= 0.3 is 0 Å². The molecule has 20 heavy (non-hydrogen) atoms. The fourth-order valence-corrected chi connectivity index (χ4v) is 3.14. The van der Waals surface area contributed by atoms with Crippen molar-refractivity contribution in [2.75, 3.05) is 19.5 Å². The number of methoxy groups -OCH3 is 2. The molecule has 0 amide bonds. The lowest BCUT2D eigenvalue weighted by atomic mass is 10.2. The molecule has 2 aromatic rings. The van der Waals surface area contributed by atoms with Gasteiger partial charge in [-0.05, 0) is 25.1 Å². The summed E-state index contributed by atoms with van der Waals surface area (Å²) >= 11 is 13.7. The Balaban J connectivity index is 2.26. The van der Waals surface area contributed by atoms with E-state index in [2.05, 4.69) is 12.2 Å². The third kappa shape index (κ3) is 3.32. The molecule has 0 saturated carbocycles. The zero-order valence-corrected chi connectivity index (χ0v) is 13.7. The van der Waals surface area contributed by atoms with Crippen molar-refractivity contribution in [2.24, 2.45) is 0 Å². The van der Waals surface area contributed by atoms with Gasteiger partial charge in [-0.25, -0.2) is 0 Å². The van der Waals surface area contributed by atoms with E-state index in [1.54, 1.807) is 37.7 Å². The summed E-state index contributed by atoms with van der Waals surface area (Å²) in [5.74, 6) is 1.27. The number of halogens is 2. The Morgan fingerprint density at radius 2 is 1.80 bits per heavy atom. The van der Waals surface area contributed by atoms with Gasteiger partial charge in [-0.2, -0.15) is 0 Å². The van der Waals surface area contributed by atoms with E-state index in [0.29, 0.717) is 16.5 Å². The summed E-state index contributed by atoms with van der Waals surface area (Å²) in [6, 6.07) is 7.55. The van der Waals surface area contributed by atoms with Gasteiger partial charge in [0.1, 0.15) is 11.5 Å². The molecule has 108 valence electrons. The van der Waals surface area contributed by atoms with E-state index in [-0.39, 0.29) is 6.04 Å². The second-order valence-corrected chi connectivity index (χ2v) is 6.35. The highest BCUT2D eigenvalue weighted by Crippen LogP contribution is 2.38. The van der Waals surface area contributed by atoms with E-state index in [9.17, 15) is 0 Å². The number of benzene rings is 1. The van der Waals surface area contributed by atoms with Crippen LogP contribution in [0.2, 0.25) is 9.36 Å². The van der Waals surface area contributed by atoms with Crippen LogP contribution in [0, 0.1) is 0 Å². The molecule has 0 aliphatic heterocycles. The first-order chi connectivity index (χ1) is 9.55. The Labute approximate surface area is 132 Å². The van der Waals surface area contributed by atoms with Gasteiger partial charge in [0, 0.05) is 10.9 Å². The molecule has 1 N–H and O–H groups in total. The van der Waals surface area contributed by atoms with Crippen LogP contribution in [0.15, 0.2) is 24.3 Å². The zero-order chi connectivity index (χ0) is 14.7. The first-order valence-electron chi connectivity index (χ1n) is 5.98. The van der Waals surface area contributed by atoms with E-state index < -0.39 is 0 Å². The van der Waals surface area contributed by atoms with Crippen LogP contribution in [0.3, 0.4) is 0 Å². The molecule has 0 bridgehead atoms. The third-order valence-electron chi connectivity index (χ3n) is 2.87. The van der Waals surface area contributed by atoms with Crippen molar-refractivity contribution < 1.29 is 9.47 Å². The summed E-state index contributed by atoms with van der Waals surface area (Å²) in [5.41, 5.74) is 0.815. The standard InChI is InChI=1S/C14H15Cl2NO2S/c1-8(13-4-5-14(16)20-13)17-10-6-9(15)11(18-2)7-12(10)19-3/h4-8,17H,1-3H3. The summed E-state index contributed by atoms with van der Waals surface area (Å²) in [4.78, 5) is 1.14. The molecule has 0 aliphatic carbocycles. The molecule has 1 unspecified atom stereocenters. The van der Waals surface area contributed by atoms with Gasteiger partial charge in [-0.3, -0.25) is 0 Å². The normalized spacial score (nSPS) is 12.1. The van der Waals surface area contributed by atoms with Crippen LogP contribution in [-0.4, -0.2) is 14.2 Å². The topological polar surface area (TPSA) is 30.5 Å². The number of ether oxygens (including phenoxy) is 2. The number of anilines is 1. The Morgan fingerprint density at radius 3 is 2.35 bits per heavy atom. The molecule has 0 fully saturated rings. The van der Waals surface area contributed by atoms with E-state index in [4.69, 9.17) is 32.7 Å². The predicted molar refractivity (Wildman–Crippen MR) is 85.9 cm³/mol. The molecule has 2 rings (SSSR count). The van der Waals surface area contributed by atoms with E-state index >= 15 is 0 Å². The molecule has 3 nitrogen and oxygen atoms in total.